The van der Waals surface area contributed by atoms with E-state index in [0.717, 1.165) is 5.56 Å². The standard InChI is InChI=1S/C23H31ClN2O3Si/c1-15-7-8-16(22(28)26-11-12-29-30(5,6)23(2,3)4)13-19(15)21(27)18-10-9-17(25)14-20(18)24/h7-10,13-14H,11-12,25H2,1-6H3,(H,26,28). The van der Waals surface area contributed by atoms with Crippen molar-refractivity contribution in [1.29, 1.82) is 0 Å². The minimum atomic E-state index is -1.85. The Bertz CT molecular complexity index is 952. The lowest BCUT2D eigenvalue weighted by Crippen LogP contribution is -2.42. The van der Waals surface area contributed by atoms with Crippen molar-refractivity contribution in [2.75, 3.05) is 18.9 Å². The van der Waals surface area contributed by atoms with E-state index in [-0.39, 0.29) is 21.8 Å². The fraction of sp³-hybridized carbons (Fsp3) is 0.391. The Labute approximate surface area is 185 Å². The largest absolute Gasteiger partial charge is 0.415 e. The fourth-order valence-corrected chi connectivity index (χ4v) is 3.98. The number of nitrogen functional groups attached to an aromatic ring is 1. The molecule has 0 atom stereocenters. The molecule has 0 aromatic heterocycles. The molecule has 0 aliphatic carbocycles. The minimum Gasteiger partial charge on any atom is -0.415 e. The highest BCUT2D eigenvalue weighted by molar-refractivity contribution is 6.74. The normalized spacial score (nSPS) is 12.0. The molecular formula is C23H31ClN2O3Si. The van der Waals surface area contributed by atoms with E-state index in [1.165, 1.54) is 0 Å². The smallest absolute Gasteiger partial charge is 0.251 e. The van der Waals surface area contributed by atoms with E-state index < -0.39 is 8.32 Å². The molecule has 0 aliphatic rings. The Morgan fingerprint density at radius 1 is 1.10 bits per heavy atom. The second-order valence-electron chi connectivity index (χ2n) is 8.96. The third-order valence-electron chi connectivity index (χ3n) is 5.64. The number of ketones is 1. The molecule has 30 heavy (non-hydrogen) atoms. The number of carbonyl (C=O) groups is 2. The Balaban J connectivity index is 2.09. The molecule has 162 valence electrons. The van der Waals surface area contributed by atoms with Gasteiger partial charge in [0.2, 0.25) is 0 Å². The van der Waals surface area contributed by atoms with Crippen LogP contribution >= 0.6 is 11.6 Å². The van der Waals surface area contributed by atoms with Crippen molar-refractivity contribution in [1.82, 2.24) is 5.32 Å². The van der Waals surface area contributed by atoms with Crippen molar-refractivity contribution in [3.05, 3.63) is 63.7 Å². The number of carbonyl (C=O) groups excluding carboxylic acids is 2. The number of nitrogens with one attached hydrogen (secondary N) is 1. The van der Waals surface area contributed by atoms with Crippen molar-refractivity contribution in [2.45, 2.75) is 45.8 Å². The number of aryl methyl sites for hydroxylation is 1. The molecule has 0 radical (unpaired) electrons. The number of halogens is 1. The lowest BCUT2D eigenvalue weighted by Gasteiger charge is -2.36. The molecule has 7 heteroatoms. The number of rotatable bonds is 7. The van der Waals surface area contributed by atoms with Crippen molar-refractivity contribution < 1.29 is 14.0 Å². The molecule has 0 bridgehead atoms. The molecule has 0 saturated heterocycles. The predicted octanol–water partition coefficient (Wildman–Crippen LogP) is 5.21. The van der Waals surface area contributed by atoms with Gasteiger partial charge in [0.15, 0.2) is 14.1 Å². The highest BCUT2D eigenvalue weighted by atomic mass is 35.5. The van der Waals surface area contributed by atoms with E-state index in [1.807, 2.05) is 6.92 Å². The van der Waals surface area contributed by atoms with Crippen molar-refractivity contribution >= 4 is 37.3 Å². The molecule has 3 N–H and O–H groups in total. The van der Waals surface area contributed by atoms with Crippen LogP contribution in [0.4, 0.5) is 5.69 Å². The van der Waals surface area contributed by atoms with Gasteiger partial charge in [-0.05, 0) is 61.0 Å². The molecule has 0 heterocycles. The maximum Gasteiger partial charge on any atom is 0.251 e. The zero-order valence-electron chi connectivity index (χ0n) is 18.6. The quantitative estimate of drug-likeness (QED) is 0.264. The molecule has 0 spiro atoms. The van der Waals surface area contributed by atoms with Crippen LogP contribution in [0, 0.1) is 6.92 Å². The number of benzene rings is 2. The van der Waals surface area contributed by atoms with Gasteiger partial charge in [0.25, 0.3) is 5.91 Å². The van der Waals surface area contributed by atoms with E-state index in [4.69, 9.17) is 21.8 Å². The Hall–Kier alpha value is -2.15. The van der Waals surface area contributed by atoms with Gasteiger partial charge in [-0.3, -0.25) is 9.59 Å². The van der Waals surface area contributed by atoms with Crippen LogP contribution < -0.4 is 11.1 Å². The van der Waals surface area contributed by atoms with Gasteiger partial charge in [0.1, 0.15) is 0 Å². The average molecular weight is 447 g/mol. The number of amides is 1. The Kier molecular flexibility index (Phi) is 7.50. The summed E-state index contributed by atoms with van der Waals surface area (Å²) in [5, 5.41) is 3.28. The van der Waals surface area contributed by atoms with E-state index in [1.54, 1.807) is 36.4 Å². The highest BCUT2D eigenvalue weighted by Crippen LogP contribution is 2.36. The molecule has 0 saturated carbocycles. The fourth-order valence-electron chi connectivity index (χ4n) is 2.66. The second-order valence-corrected chi connectivity index (χ2v) is 14.2. The minimum absolute atomic E-state index is 0.118. The highest BCUT2D eigenvalue weighted by Gasteiger charge is 2.36. The summed E-state index contributed by atoms with van der Waals surface area (Å²) in [6, 6.07) is 9.86. The van der Waals surface area contributed by atoms with E-state index >= 15 is 0 Å². The van der Waals surface area contributed by atoms with Crippen LogP contribution in [0.1, 0.15) is 52.6 Å². The topological polar surface area (TPSA) is 81.4 Å². The third-order valence-corrected chi connectivity index (χ3v) is 10.5. The summed E-state index contributed by atoms with van der Waals surface area (Å²) in [4.78, 5) is 25.6. The van der Waals surface area contributed by atoms with Crippen molar-refractivity contribution in [3.8, 4) is 0 Å². The summed E-state index contributed by atoms with van der Waals surface area (Å²) in [5.74, 6) is -0.486. The number of hydrogen-bond donors (Lipinski definition) is 2. The molecule has 1 amide bonds. The monoisotopic (exact) mass is 446 g/mol. The van der Waals surface area contributed by atoms with E-state index in [2.05, 4.69) is 39.2 Å². The first-order chi connectivity index (χ1) is 13.8. The van der Waals surface area contributed by atoms with Crippen LogP contribution in [0.15, 0.2) is 36.4 Å². The molecule has 5 nitrogen and oxygen atoms in total. The van der Waals surface area contributed by atoms with Crippen LogP contribution in [0.25, 0.3) is 0 Å². The van der Waals surface area contributed by atoms with Crippen LogP contribution in [0.5, 0.6) is 0 Å². The first kappa shape index (κ1) is 24.1. The molecule has 0 aliphatic heterocycles. The summed E-state index contributed by atoms with van der Waals surface area (Å²) < 4.78 is 6.09. The van der Waals surface area contributed by atoms with Gasteiger partial charge in [0, 0.05) is 28.9 Å². The summed E-state index contributed by atoms with van der Waals surface area (Å²) >= 11 is 6.19. The van der Waals surface area contributed by atoms with Crippen LogP contribution in [-0.2, 0) is 4.43 Å². The van der Waals surface area contributed by atoms with Crippen LogP contribution in [0.3, 0.4) is 0 Å². The van der Waals surface area contributed by atoms with Crippen molar-refractivity contribution in [3.63, 3.8) is 0 Å². The lowest BCUT2D eigenvalue weighted by molar-refractivity contribution is 0.0945. The van der Waals surface area contributed by atoms with Gasteiger partial charge in [-0.25, -0.2) is 0 Å². The van der Waals surface area contributed by atoms with E-state index in [0.29, 0.717) is 35.5 Å². The molecule has 2 aromatic rings. The molecular weight excluding hydrogens is 416 g/mol. The van der Waals surface area contributed by atoms with Gasteiger partial charge in [-0.1, -0.05) is 38.4 Å². The molecule has 0 unspecified atom stereocenters. The average Bonchev–Trinajstić information content (AvgIpc) is 2.64. The Morgan fingerprint density at radius 2 is 1.77 bits per heavy atom. The van der Waals surface area contributed by atoms with Gasteiger partial charge in [0.05, 0.1) is 11.6 Å². The van der Waals surface area contributed by atoms with Gasteiger partial charge < -0.3 is 15.5 Å². The van der Waals surface area contributed by atoms with E-state index in [9.17, 15) is 9.59 Å². The van der Waals surface area contributed by atoms with Gasteiger partial charge >= 0.3 is 0 Å². The molecule has 2 aromatic carbocycles. The predicted molar refractivity (Wildman–Crippen MR) is 126 cm³/mol. The first-order valence-electron chi connectivity index (χ1n) is 9.96. The number of nitrogens with two attached hydrogens (primary N) is 1. The summed E-state index contributed by atoms with van der Waals surface area (Å²) in [5.41, 5.74) is 8.18. The zero-order valence-corrected chi connectivity index (χ0v) is 20.3. The maximum atomic E-state index is 13.0. The molecule has 2 rings (SSSR count). The number of anilines is 1. The second kappa shape index (κ2) is 9.33. The third kappa shape index (κ3) is 5.71. The Morgan fingerprint density at radius 3 is 2.37 bits per heavy atom. The maximum absolute atomic E-state index is 13.0. The summed E-state index contributed by atoms with van der Waals surface area (Å²) in [6.07, 6.45) is 0. The number of hydrogen-bond acceptors (Lipinski definition) is 4. The lowest BCUT2D eigenvalue weighted by atomic mass is 9.96. The SMILES string of the molecule is Cc1ccc(C(=O)NCCO[Si](C)(C)C(C)(C)C)cc1C(=O)c1ccc(N)cc1Cl. The first-order valence-corrected chi connectivity index (χ1v) is 13.2. The van der Waals surface area contributed by atoms with Gasteiger partial charge in [-0.2, -0.15) is 0 Å². The zero-order chi connectivity index (χ0) is 22.7. The van der Waals surface area contributed by atoms with Crippen molar-refractivity contribution in [2.24, 2.45) is 0 Å². The summed E-state index contributed by atoms with van der Waals surface area (Å²) in [7, 11) is -1.85. The van der Waals surface area contributed by atoms with Crippen LogP contribution in [0.2, 0.25) is 23.2 Å². The summed E-state index contributed by atoms with van der Waals surface area (Å²) in [6.45, 7) is 13.6. The van der Waals surface area contributed by atoms with Gasteiger partial charge in [-0.15, -0.1) is 0 Å². The molecule has 0 fully saturated rings. The van der Waals surface area contributed by atoms with Crippen LogP contribution in [-0.4, -0.2) is 33.2 Å².